The Morgan fingerprint density at radius 3 is 2.62 bits per heavy atom. The van der Waals surface area contributed by atoms with Crippen molar-refractivity contribution in [3.05, 3.63) is 53.6 Å². The van der Waals surface area contributed by atoms with Crippen LogP contribution in [0, 0.1) is 12.8 Å². The molecule has 0 bridgehead atoms. The van der Waals surface area contributed by atoms with Crippen molar-refractivity contribution in [1.82, 2.24) is 5.43 Å². The van der Waals surface area contributed by atoms with E-state index in [0.717, 1.165) is 11.6 Å². The number of halogens is 3. The van der Waals surface area contributed by atoms with Crippen LogP contribution in [0.5, 0.6) is 5.75 Å². The normalized spacial score (nSPS) is 16.7. The van der Waals surface area contributed by atoms with E-state index < -0.39 is 23.6 Å². The Kier molecular flexibility index (Phi) is 5.67. The van der Waals surface area contributed by atoms with Crippen molar-refractivity contribution in [2.24, 2.45) is 5.92 Å². The van der Waals surface area contributed by atoms with Crippen LogP contribution in [0.25, 0.3) is 0 Å². The summed E-state index contributed by atoms with van der Waals surface area (Å²) in [5.74, 6) is -1.03. The second-order valence-electron chi connectivity index (χ2n) is 6.74. The number of carbonyl (C=O) groups is 2. The lowest BCUT2D eigenvalue weighted by atomic mass is 10.1. The van der Waals surface area contributed by atoms with Crippen LogP contribution in [0.3, 0.4) is 0 Å². The number of methoxy groups -OCH3 is 1. The summed E-state index contributed by atoms with van der Waals surface area (Å²) in [6.07, 6.45) is -4.61. The Hall–Kier alpha value is -3.23. The average molecular weight is 407 g/mol. The van der Waals surface area contributed by atoms with E-state index in [2.05, 4.69) is 10.9 Å². The van der Waals surface area contributed by atoms with Crippen LogP contribution in [-0.4, -0.2) is 25.5 Å². The third-order valence-electron chi connectivity index (χ3n) is 4.67. The molecule has 1 heterocycles. The van der Waals surface area contributed by atoms with E-state index >= 15 is 0 Å². The predicted molar refractivity (Wildman–Crippen MR) is 101 cm³/mol. The van der Waals surface area contributed by atoms with Gasteiger partial charge in [0.15, 0.2) is 0 Å². The molecule has 0 saturated carbocycles. The highest BCUT2D eigenvalue weighted by Gasteiger charge is 2.37. The smallest absolute Gasteiger partial charge is 0.418 e. The predicted octanol–water partition coefficient (Wildman–Crippen LogP) is 3.52. The second-order valence-corrected chi connectivity index (χ2v) is 6.74. The molecule has 2 aromatic rings. The average Bonchev–Trinajstić information content (AvgIpc) is 3.07. The first kappa shape index (κ1) is 20.5. The summed E-state index contributed by atoms with van der Waals surface area (Å²) >= 11 is 0. The first-order chi connectivity index (χ1) is 13.7. The molecule has 6 nitrogen and oxygen atoms in total. The maximum Gasteiger partial charge on any atom is 0.418 e. The summed E-state index contributed by atoms with van der Waals surface area (Å²) in [5, 5.41) is 0. The SMILES string of the molecule is COc1ccc(C)cc1N1CC(C(=O)NNc2ccccc2C(F)(F)F)CC1=O. The first-order valence-electron chi connectivity index (χ1n) is 8.88. The van der Waals surface area contributed by atoms with Crippen molar-refractivity contribution in [3.63, 3.8) is 0 Å². The molecule has 29 heavy (non-hydrogen) atoms. The van der Waals surface area contributed by atoms with Gasteiger partial charge in [0.1, 0.15) is 5.75 Å². The van der Waals surface area contributed by atoms with Crippen LogP contribution < -0.4 is 20.5 Å². The molecular weight excluding hydrogens is 387 g/mol. The molecule has 2 aromatic carbocycles. The van der Waals surface area contributed by atoms with E-state index in [4.69, 9.17) is 4.74 Å². The molecule has 1 atom stereocenters. The van der Waals surface area contributed by atoms with Crippen LogP contribution >= 0.6 is 0 Å². The molecule has 0 radical (unpaired) electrons. The number of benzene rings is 2. The quantitative estimate of drug-likeness (QED) is 0.745. The van der Waals surface area contributed by atoms with Gasteiger partial charge in [-0.05, 0) is 36.8 Å². The van der Waals surface area contributed by atoms with Gasteiger partial charge in [0.25, 0.3) is 0 Å². The molecule has 0 aliphatic carbocycles. The van der Waals surface area contributed by atoms with Crippen molar-refractivity contribution in [2.75, 3.05) is 24.0 Å². The van der Waals surface area contributed by atoms with Gasteiger partial charge in [0.05, 0.1) is 30.0 Å². The summed E-state index contributed by atoms with van der Waals surface area (Å²) in [5.41, 5.74) is 4.93. The monoisotopic (exact) mass is 407 g/mol. The number of carbonyl (C=O) groups excluding carboxylic acids is 2. The van der Waals surface area contributed by atoms with Crippen LogP contribution in [0.1, 0.15) is 17.5 Å². The number of anilines is 2. The fraction of sp³-hybridized carbons (Fsp3) is 0.300. The molecular formula is C20H20F3N3O3. The van der Waals surface area contributed by atoms with Gasteiger partial charge in [0, 0.05) is 13.0 Å². The fourth-order valence-electron chi connectivity index (χ4n) is 3.20. The molecule has 2 N–H and O–H groups in total. The summed E-state index contributed by atoms with van der Waals surface area (Å²) in [6.45, 7) is 1.97. The van der Waals surface area contributed by atoms with Gasteiger partial charge < -0.3 is 9.64 Å². The second kappa shape index (κ2) is 8.02. The fourth-order valence-corrected chi connectivity index (χ4v) is 3.20. The van der Waals surface area contributed by atoms with Crippen molar-refractivity contribution in [2.45, 2.75) is 19.5 Å². The largest absolute Gasteiger partial charge is 0.495 e. The zero-order valence-electron chi connectivity index (χ0n) is 15.8. The van der Waals surface area contributed by atoms with Crippen LogP contribution in [0.4, 0.5) is 24.5 Å². The number of hydrogen-bond donors (Lipinski definition) is 2. The minimum absolute atomic E-state index is 0.0501. The summed E-state index contributed by atoms with van der Waals surface area (Å²) < 4.78 is 44.4. The lowest BCUT2D eigenvalue weighted by Gasteiger charge is -2.20. The van der Waals surface area contributed by atoms with Crippen molar-refractivity contribution < 1.29 is 27.5 Å². The van der Waals surface area contributed by atoms with Crippen molar-refractivity contribution in [1.29, 1.82) is 0 Å². The van der Waals surface area contributed by atoms with Gasteiger partial charge in [-0.2, -0.15) is 13.2 Å². The molecule has 154 valence electrons. The summed E-state index contributed by atoms with van der Waals surface area (Å²) in [4.78, 5) is 26.4. The van der Waals surface area contributed by atoms with Crippen LogP contribution in [0.15, 0.2) is 42.5 Å². The zero-order chi connectivity index (χ0) is 21.2. The lowest BCUT2D eigenvalue weighted by Crippen LogP contribution is -2.37. The molecule has 9 heteroatoms. The van der Waals surface area contributed by atoms with E-state index in [0.29, 0.717) is 11.4 Å². The molecule has 1 aliphatic rings. The number of ether oxygens (including phenoxy) is 1. The third-order valence-corrected chi connectivity index (χ3v) is 4.67. The Bertz CT molecular complexity index is 931. The third kappa shape index (κ3) is 4.44. The highest BCUT2D eigenvalue weighted by Crippen LogP contribution is 2.35. The molecule has 3 rings (SSSR count). The number of rotatable bonds is 5. The zero-order valence-corrected chi connectivity index (χ0v) is 15.8. The van der Waals surface area contributed by atoms with Crippen molar-refractivity contribution in [3.8, 4) is 5.75 Å². The number of nitrogens with zero attached hydrogens (tertiary/aromatic N) is 1. The number of alkyl halides is 3. The molecule has 1 aliphatic heterocycles. The van der Waals surface area contributed by atoms with Crippen LogP contribution in [-0.2, 0) is 15.8 Å². The standard InChI is InChI=1S/C20H20F3N3O3/c1-12-7-8-17(29-2)16(9-12)26-11-13(10-18(26)27)19(28)25-24-15-6-4-3-5-14(15)20(21,22)23/h3-9,13,24H,10-11H2,1-2H3,(H,25,28). The maximum atomic E-state index is 13.1. The lowest BCUT2D eigenvalue weighted by molar-refractivity contribution is -0.137. The topological polar surface area (TPSA) is 70.7 Å². The van der Waals surface area contributed by atoms with Gasteiger partial charge in [-0.3, -0.25) is 20.4 Å². The van der Waals surface area contributed by atoms with Crippen molar-refractivity contribution >= 4 is 23.2 Å². The molecule has 1 saturated heterocycles. The molecule has 1 fully saturated rings. The highest BCUT2D eigenvalue weighted by atomic mass is 19.4. The van der Waals surface area contributed by atoms with Gasteiger partial charge in [-0.25, -0.2) is 0 Å². The Labute approximate surface area is 165 Å². The van der Waals surface area contributed by atoms with E-state index in [1.807, 2.05) is 13.0 Å². The molecule has 0 spiro atoms. The van der Waals surface area contributed by atoms with Gasteiger partial charge in [-0.1, -0.05) is 18.2 Å². The molecule has 1 unspecified atom stereocenters. The Morgan fingerprint density at radius 2 is 1.93 bits per heavy atom. The Balaban J connectivity index is 1.70. The maximum absolute atomic E-state index is 13.1. The number of nitrogens with one attached hydrogen (secondary N) is 2. The van der Waals surface area contributed by atoms with Gasteiger partial charge in [-0.15, -0.1) is 0 Å². The van der Waals surface area contributed by atoms with E-state index in [1.54, 1.807) is 12.1 Å². The summed E-state index contributed by atoms with van der Waals surface area (Å²) in [6, 6.07) is 10.2. The van der Waals surface area contributed by atoms with E-state index in [1.165, 1.54) is 30.2 Å². The minimum atomic E-state index is -4.56. The molecule has 0 aromatic heterocycles. The molecule has 2 amide bonds. The first-order valence-corrected chi connectivity index (χ1v) is 8.88. The Morgan fingerprint density at radius 1 is 1.21 bits per heavy atom. The van der Waals surface area contributed by atoms with Crippen LogP contribution in [0.2, 0.25) is 0 Å². The number of hydrazine groups is 1. The van der Waals surface area contributed by atoms with Gasteiger partial charge >= 0.3 is 6.18 Å². The van der Waals surface area contributed by atoms with E-state index in [9.17, 15) is 22.8 Å². The van der Waals surface area contributed by atoms with Gasteiger partial charge in [0.2, 0.25) is 11.8 Å². The number of para-hydroxylation sites is 1. The number of hydrogen-bond acceptors (Lipinski definition) is 4. The minimum Gasteiger partial charge on any atom is -0.495 e. The van der Waals surface area contributed by atoms with E-state index in [-0.39, 0.29) is 24.6 Å². The highest BCUT2D eigenvalue weighted by molar-refractivity contribution is 6.01. The number of amides is 2. The summed E-state index contributed by atoms with van der Waals surface area (Å²) in [7, 11) is 1.49. The number of aryl methyl sites for hydroxylation is 1.